The van der Waals surface area contributed by atoms with Crippen LogP contribution in [0.4, 0.5) is 0 Å². The maximum absolute atomic E-state index is 12.0. The van der Waals surface area contributed by atoms with E-state index in [1.54, 1.807) is 0 Å². The lowest BCUT2D eigenvalue weighted by molar-refractivity contribution is -0.123. The number of carbonyl (C=O) groups is 1. The first kappa shape index (κ1) is 15.3. The highest BCUT2D eigenvalue weighted by Crippen LogP contribution is 2.09. The third kappa shape index (κ3) is 4.47. The van der Waals surface area contributed by atoms with E-state index in [1.165, 1.54) is 0 Å². The standard InChI is InChI=1S/C15H22ClN3O/c1-11-9-19(12(2)7-17-11)10-15(20)18-8-13-3-5-14(16)6-4-13/h3-6,11-12,17H,7-10H2,1-2H3,(H,18,20). The summed E-state index contributed by atoms with van der Waals surface area (Å²) in [6, 6.07) is 8.37. The SMILES string of the molecule is CC1CN(CC(=O)NCc2ccc(Cl)cc2)C(C)CN1. The molecule has 1 saturated heterocycles. The van der Waals surface area contributed by atoms with E-state index < -0.39 is 0 Å². The second-order valence-corrected chi connectivity index (χ2v) is 5.93. The molecule has 0 radical (unpaired) electrons. The first-order chi connectivity index (χ1) is 9.54. The number of piperazine rings is 1. The molecule has 2 atom stereocenters. The zero-order valence-electron chi connectivity index (χ0n) is 12.0. The van der Waals surface area contributed by atoms with Crippen molar-refractivity contribution in [3.8, 4) is 0 Å². The van der Waals surface area contributed by atoms with Gasteiger partial charge in [0.05, 0.1) is 6.54 Å². The van der Waals surface area contributed by atoms with E-state index in [0.29, 0.717) is 30.2 Å². The number of hydrogen-bond donors (Lipinski definition) is 2. The smallest absolute Gasteiger partial charge is 0.234 e. The monoisotopic (exact) mass is 295 g/mol. The molecule has 0 spiro atoms. The van der Waals surface area contributed by atoms with Gasteiger partial charge in [-0.05, 0) is 31.5 Å². The quantitative estimate of drug-likeness (QED) is 0.887. The van der Waals surface area contributed by atoms with Crippen molar-refractivity contribution < 1.29 is 4.79 Å². The topological polar surface area (TPSA) is 44.4 Å². The second-order valence-electron chi connectivity index (χ2n) is 5.49. The molecule has 1 aliphatic rings. The van der Waals surface area contributed by atoms with E-state index in [-0.39, 0.29) is 5.91 Å². The average Bonchev–Trinajstić information content (AvgIpc) is 2.42. The number of benzene rings is 1. The summed E-state index contributed by atoms with van der Waals surface area (Å²) in [5.74, 6) is 0.0703. The van der Waals surface area contributed by atoms with Crippen molar-refractivity contribution in [2.75, 3.05) is 19.6 Å². The Kier molecular flexibility index (Phi) is 5.40. The van der Waals surface area contributed by atoms with E-state index >= 15 is 0 Å². The van der Waals surface area contributed by atoms with Gasteiger partial charge in [0, 0.05) is 36.7 Å². The maximum atomic E-state index is 12.0. The minimum absolute atomic E-state index is 0.0703. The van der Waals surface area contributed by atoms with E-state index in [1.807, 2.05) is 24.3 Å². The van der Waals surface area contributed by atoms with Gasteiger partial charge < -0.3 is 10.6 Å². The lowest BCUT2D eigenvalue weighted by Gasteiger charge is -2.36. The number of hydrogen-bond acceptors (Lipinski definition) is 3. The molecule has 0 bridgehead atoms. The van der Waals surface area contributed by atoms with Crippen LogP contribution in [0.25, 0.3) is 0 Å². The van der Waals surface area contributed by atoms with Crippen molar-refractivity contribution in [2.24, 2.45) is 0 Å². The molecule has 1 amide bonds. The molecule has 2 N–H and O–H groups in total. The van der Waals surface area contributed by atoms with Crippen molar-refractivity contribution in [1.82, 2.24) is 15.5 Å². The largest absolute Gasteiger partial charge is 0.351 e. The molecular weight excluding hydrogens is 274 g/mol. The number of nitrogens with one attached hydrogen (secondary N) is 2. The molecule has 4 nitrogen and oxygen atoms in total. The summed E-state index contributed by atoms with van der Waals surface area (Å²) >= 11 is 5.83. The van der Waals surface area contributed by atoms with Crippen LogP contribution in [-0.4, -0.2) is 42.5 Å². The lowest BCUT2D eigenvalue weighted by Crippen LogP contribution is -2.56. The van der Waals surface area contributed by atoms with Gasteiger partial charge in [0.2, 0.25) is 5.91 Å². The number of nitrogens with zero attached hydrogens (tertiary/aromatic N) is 1. The third-order valence-electron chi connectivity index (χ3n) is 3.64. The van der Waals surface area contributed by atoms with Crippen LogP contribution in [-0.2, 0) is 11.3 Å². The summed E-state index contributed by atoms with van der Waals surface area (Å²) < 4.78 is 0. The fourth-order valence-corrected chi connectivity index (χ4v) is 2.49. The Bertz CT molecular complexity index is 449. The van der Waals surface area contributed by atoms with Crippen LogP contribution >= 0.6 is 11.6 Å². The van der Waals surface area contributed by atoms with Crippen LogP contribution in [0.15, 0.2) is 24.3 Å². The van der Waals surface area contributed by atoms with Crippen molar-refractivity contribution in [3.63, 3.8) is 0 Å². The van der Waals surface area contributed by atoms with Gasteiger partial charge in [0.1, 0.15) is 0 Å². The molecule has 1 aliphatic heterocycles. The molecule has 1 fully saturated rings. The summed E-state index contributed by atoms with van der Waals surface area (Å²) in [5, 5.41) is 7.08. The highest BCUT2D eigenvalue weighted by atomic mass is 35.5. The number of halogens is 1. The van der Waals surface area contributed by atoms with Gasteiger partial charge in [-0.1, -0.05) is 23.7 Å². The summed E-state index contributed by atoms with van der Waals surface area (Å²) in [5.41, 5.74) is 1.06. The van der Waals surface area contributed by atoms with Crippen molar-refractivity contribution >= 4 is 17.5 Å². The molecule has 20 heavy (non-hydrogen) atoms. The fraction of sp³-hybridized carbons (Fsp3) is 0.533. The molecular formula is C15H22ClN3O. The molecule has 1 aromatic rings. The molecule has 2 rings (SSSR count). The summed E-state index contributed by atoms with van der Waals surface area (Å²) in [7, 11) is 0. The molecule has 5 heteroatoms. The van der Waals surface area contributed by atoms with Crippen LogP contribution in [0.5, 0.6) is 0 Å². The van der Waals surface area contributed by atoms with Gasteiger partial charge in [-0.2, -0.15) is 0 Å². The van der Waals surface area contributed by atoms with Gasteiger partial charge in [0.25, 0.3) is 0 Å². The molecule has 0 aromatic heterocycles. The summed E-state index contributed by atoms with van der Waals surface area (Å²) in [6.07, 6.45) is 0. The molecule has 110 valence electrons. The zero-order chi connectivity index (χ0) is 14.5. The van der Waals surface area contributed by atoms with E-state index in [9.17, 15) is 4.79 Å². The molecule has 0 saturated carbocycles. The van der Waals surface area contributed by atoms with Crippen LogP contribution < -0.4 is 10.6 Å². The normalized spacial score (nSPS) is 23.6. The highest BCUT2D eigenvalue weighted by Gasteiger charge is 2.23. The van der Waals surface area contributed by atoms with E-state index in [4.69, 9.17) is 11.6 Å². The van der Waals surface area contributed by atoms with E-state index in [2.05, 4.69) is 29.4 Å². The van der Waals surface area contributed by atoms with Crippen LogP contribution in [0.2, 0.25) is 5.02 Å². The fourth-order valence-electron chi connectivity index (χ4n) is 2.36. The lowest BCUT2D eigenvalue weighted by atomic mass is 10.1. The van der Waals surface area contributed by atoms with Gasteiger partial charge in [-0.15, -0.1) is 0 Å². The summed E-state index contributed by atoms with van der Waals surface area (Å²) in [4.78, 5) is 14.2. The number of rotatable bonds is 4. The minimum atomic E-state index is 0.0703. The van der Waals surface area contributed by atoms with Crippen LogP contribution in [0.3, 0.4) is 0 Å². The highest BCUT2D eigenvalue weighted by molar-refractivity contribution is 6.30. The first-order valence-electron chi connectivity index (χ1n) is 7.03. The van der Waals surface area contributed by atoms with Crippen LogP contribution in [0, 0.1) is 0 Å². The Hall–Kier alpha value is -1.10. The molecule has 1 heterocycles. The Morgan fingerprint density at radius 2 is 2.10 bits per heavy atom. The van der Waals surface area contributed by atoms with Crippen molar-refractivity contribution in [1.29, 1.82) is 0 Å². The van der Waals surface area contributed by atoms with Gasteiger partial charge in [-0.25, -0.2) is 0 Å². The zero-order valence-corrected chi connectivity index (χ0v) is 12.8. The van der Waals surface area contributed by atoms with Gasteiger partial charge in [0.15, 0.2) is 0 Å². The van der Waals surface area contributed by atoms with Gasteiger partial charge >= 0.3 is 0 Å². The van der Waals surface area contributed by atoms with Crippen LogP contribution in [0.1, 0.15) is 19.4 Å². The first-order valence-corrected chi connectivity index (χ1v) is 7.41. The Labute approximate surface area is 125 Å². The predicted molar refractivity (Wildman–Crippen MR) is 81.8 cm³/mol. The molecule has 1 aromatic carbocycles. The van der Waals surface area contributed by atoms with Gasteiger partial charge in [-0.3, -0.25) is 9.69 Å². The molecule has 2 unspecified atom stereocenters. The third-order valence-corrected chi connectivity index (χ3v) is 3.90. The maximum Gasteiger partial charge on any atom is 0.234 e. The Balaban J connectivity index is 1.78. The predicted octanol–water partition coefficient (Wildman–Crippen LogP) is 1.64. The van der Waals surface area contributed by atoms with Crippen molar-refractivity contribution in [2.45, 2.75) is 32.5 Å². The summed E-state index contributed by atoms with van der Waals surface area (Å²) in [6.45, 7) is 7.14. The minimum Gasteiger partial charge on any atom is -0.351 e. The second kappa shape index (κ2) is 7.07. The number of carbonyl (C=O) groups excluding carboxylic acids is 1. The Morgan fingerprint density at radius 1 is 1.40 bits per heavy atom. The van der Waals surface area contributed by atoms with E-state index in [0.717, 1.165) is 18.7 Å². The van der Waals surface area contributed by atoms with Crippen molar-refractivity contribution in [3.05, 3.63) is 34.9 Å². The average molecular weight is 296 g/mol. The Morgan fingerprint density at radius 3 is 2.80 bits per heavy atom. The molecule has 0 aliphatic carbocycles. The number of amides is 1.